The van der Waals surface area contributed by atoms with Crippen molar-refractivity contribution in [3.8, 4) is 0 Å². The van der Waals surface area contributed by atoms with E-state index in [2.05, 4.69) is 5.32 Å². The molecule has 3 rings (SSSR count). The standard InChI is InChI=1S/C18H18FN3O2/c1-21-15-7-6-12(10-16(15)22(2)18(21)24)8-9-20-17(23)13-4-3-5-14(19)11-13/h3-7,10-11H,8-9H2,1-2H3,(H,20,23). The fourth-order valence-electron chi connectivity index (χ4n) is 2.76. The van der Waals surface area contributed by atoms with Crippen molar-refractivity contribution in [2.75, 3.05) is 6.54 Å². The molecule has 0 aliphatic carbocycles. The summed E-state index contributed by atoms with van der Waals surface area (Å²) < 4.78 is 16.3. The molecular formula is C18H18FN3O2. The van der Waals surface area contributed by atoms with Crippen LogP contribution in [0.4, 0.5) is 4.39 Å². The van der Waals surface area contributed by atoms with Gasteiger partial charge in [0.15, 0.2) is 0 Å². The molecule has 0 fully saturated rings. The molecule has 1 amide bonds. The number of hydrogen-bond acceptors (Lipinski definition) is 2. The minimum atomic E-state index is -0.432. The zero-order valence-electron chi connectivity index (χ0n) is 13.5. The van der Waals surface area contributed by atoms with Crippen LogP contribution in [0.5, 0.6) is 0 Å². The molecule has 1 aromatic heterocycles. The van der Waals surface area contributed by atoms with Crippen molar-refractivity contribution >= 4 is 16.9 Å². The Balaban J connectivity index is 1.69. The molecule has 0 saturated carbocycles. The number of imidazole rings is 1. The zero-order valence-corrected chi connectivity index (χ0v) is 13.5. The van der Waals surface area contributed by atoms with E-state index in [-0.39, 0.29) is 11.6 Å². The van der Waals surface area contributed by atoms with Crippen LogP contribution in [0.2, 0.25) is 0 Å². The second-order valence-electron chi connectivity index (χ2n) is 5.74. The van der Waals surface area contributed by atoms with Gasteiger partial charge in [0.05, 0.1) is 11.0 Å². The summed E-state index contributed by atoms with van der Waals surface area (Å²) in [7, 11) is 3.48. The first-order valence-corrected chi connectivity index (χ1v) is 7.65. The summed E-state index contributed by atoms with van der Waals surface area (Å²) in [6, 6.07) is 11.4. The highest BCUT2D eigenvalue weighted by Gasteiger charge is 2.09. The van der Waals surface area contributed by atoms with Crippen molar-refractivity contribution in [2.24, 2.45) is 14.1 Å². The third kappa shape index (κ3) is 2.95. The number of fused-ring (bicyclic) bond motifs is 1. The van der Waals surface area contributed by atoms with Crippen molar-refractivity contribution in [1.29, 1.82) is 0 Å². The normalized spacial score (nSPS) is 11.0. The maximum absolute atomic E-state index is 13.1. The molecule has 24 heavy (non-hydrogen) atoms. The number of nitrogens with zero attached hydrogens (tertiary/aromatic N) is 2. The Kier molecular flexibility index (Phi) is 4.20. The van der Waals surface area contributed by atoms with E-state index < -0.39 is 5.82 Å². The number of nitrogens with one attached hydrogen (secondary N) is 1. The van der Waals surface area contributed by atoms with Gasteiger partial charge in [0, 0.05) is 26.2 Å². The van der Waals surface area contributed by atoms with Crippen LogP contribution in [-0.2, 0) is 20.5 Å². The molecule has 0 aliphatic heterocycles. The monoisotopic (exact) mass is 327 g/mol. The molecular weight excluding hydrogens is 309 g/mol. The van der Waals surface area contributed by atoms with E-state index in [1.54, 1.807) is 29.3 Å². The lowest BCUT2D eigenvalue weighted by Gasteiger charge is -2.06. The topological polar surface area (TPSA) is 56.0 Å². The van der Waals surface area contributed by atoms with Gasteiger partial charge in [0.25, 0.3) is 5.91 Å². The van der Waals surface area contributed by atoms with Gasteiger partial charge in [-0.15, -0.1) is 0 Å². The summed E-state index contributed by atoms with van der Waals surface area (Å²) >= 11 is 0. The Bertz CT molecular complexity index is 972. The van der Waals surface area contributed by atoms with Gasteiger partial charge in [-0.25, -0.2) is 9.18 Å². The first kappa shape index (κ1) is 16.0. The van der Waals surface area contributed by atoms with Crippen molar-refractivity contribution in [3.63, 3.8) is 0 Å². The third-order valence-electron chi connectivity index (χ3n) is 4.12. The van der Waals surface area contributed by atoms with Gasteiger partial charge in [0.2, 0.25) is 0 Å². The molecule has 0 saturated heterocycles. The van der Waals surface area contributed by atoms with E-state index in [0.29, 0.717) is 18.5 Å². The Morgan fingerprint density at radius 3 is 2.58 bits per heavy atom. The van der Waals surface area contributed by atoms with Crippen LogP contribution in [0, 0.1) is 5.82 Å². The molecule has 0 bridgehead atoms. The first-order chi connectivity index (χ1) is 11.5. The molecule has 124 valence electrons. The number of aromatic nitrogens is 2. The fraction of sp³-hybridized carbons (Fsp3) is 0.222. The lowest BCUT2D eigenvalue weighted by atomic mass is 10.1. The lowest BCUT2D eigenvalue weighted by Crippen LogP contribution is -2.25. The maximum Gasteiger partial charge on any atom is 0.328 e. The minimum absolute atomic E-state index is 0.0680. The quantitative estimate of drug-likeness (QED) is 0.797. The molecule has 2 aromatic carbocycles. The van der Waals surface area contributed by atoms with Crippen molar-refractivity contribution in [2.45, 2.75) is 6.42 Å². The summed E-state index contributed by atoms with van der Waals surface area (Å²) in [5.41, 5.74) is 2.98. The van der Waals surface area contributed by atoms with E-state index in [0.717, 1.165) is 16.6 Å². The minimum Gasteiger partial charge on any atom is -0.352 e. The van der Waals surface area contributed by atoms with Crippen molar-refractivity contribution in [3.05, 3.63) is 69.9 Å². The lowest BCUT2D eigenvalue weighted by molar-refractivity contribution is 0.0953. The van der Waals surface area contributed by atoms with Gasteiger partial charge in [0.1, 0.15) is 5.82 Å². The number of aryl methyl sites for hydroxylation is 2. The molecule has 0 atom stereocenters. The summed E-state index contributed by atoms with van der Waals surface area (Å²) in [6.45, 7) is 0.432. The van der Waals surface area contributed by atoms with Crippen LogP contribution in [0.15, 0.2) is 47.3 Å². The molecule has 5 nitrogen and oxygen atoms in total. The number of halogens is 1. The number of hydrogen-bond donors (Lipinski definition) is 1. The summed E-state index contributed by atoms with van der Waals surface area (Å²) in [6.07, 6.45) is 0.625. The van der Waals surface area contributed by atoms with E-state index in [4.69, 9.17) is 0 Å². The molecule has 0 unspecified atom stereocenters. The highest BCUT2D eigenvalue weighted by atomic mass is 19.1. The summed E-state index contributed by atoms with van der Waals surface area (Å²) in [5.74, 6) is -0.735. The molecule has 0 radical (unpaired) electrons. The predicted molar refractivity (Wildman–Crippen MR) is 90.6 cm³/mol. The molecule has 3 aromatic rings. The van der Waals surface area contributed by atoms with E-state index in [1.165, 1.54) is 18.2 Å². The van der Waals surface area contributed by atoms with E-state index in [9.17, 15) is 14.0 Å². The second kappa shape index (κ2) is 6.31. The van der Waals surface area contributed by atoms with Crippen molar-refractivity contribution in [1.82, 2.24) is 14.5 Å². The van der Waals surface area contributed by atoms with Crippen LogP contribution in [0.1, 0.15) is 15.9 Å². The van der Waals surface area contributed by atoms with E-state index in [1.807, 2.05) is 18.2 Å². The van der Waals surface area contributed by atoms with Gasteiger partial charge >= 0.3 is 5.69 Å². The zero-order chi connectivity index (χ0) is 17.3. The highest BCUT2D eigenvalue weighted by molar-refractivity contribution is 5.94. The Morgan fingerprint density at radius 2 is 1.83 bits per heavy atom. The summed E-state index contributed by atoms with van der Waals surface area (Å²) in [5, 5.41) is 2.77. The van der Waals surface area contributed by atoms with Crippen LogP contribution in [0.3, 0.4) is 0 Å². The van der Waals surface area contributed by atoms with Crippen molar-refractivity contribution < 1.29 is 9.18 Å². The smallest absolute Gasteiger partial charge is 0.328 e. The molecule has 0 spiro atoms. The van der Waals surface area contributed by atoms with Crippen LogP contribution in [-0.4, -0.2) is 21.6 Å². The SMILES string of the molecule is Cn1c(=O)n(C)c2cc(CCNC(=O)c3cccc(F)c3)ccc21. The average molecular weight is 327 g/mol. The van der Waals surface area contributed by atoms with Gasteiger partial charge in [-0.1, -0.05) is 12.1 Å². The fourth-order valence-corrected chi connectivity index (χ4v) is 2.76. The molecule has 1 heterocycles. The predicted octanol–water partition coefficient (Wildman–Crippen LogP) is 1.99. The number of benzene rings is 2. The first-order valence-electron chi connectivity index (χ1n) is 7.65. The van der Waals surface area contributed by atoms with Gasteiger partial charge in [-0.2, -0.15) is 0 Å². The van der Waals surface area contributed by atoms with Gasteiger partial charge < -0.3 is 5.32 Å². The van der Waals surface area contributed by atoms with Crippen LogP contribution >= 0.6 is 0 Å². The highest BCUT2D eigenvalue weighted by Crippen LogP contribution is 2.14. The molecule has 6 heteroatoms. The number of carbonyl (C=O) groups excluding carboxylic acids is 1. The Hall–Kier alpha value is -2.89. The largest absolute Gasteiger partial charge is 0.352 e. The van der Waals surface area contributed by atoms with Crippen LogP contribution in [0.25, 0.3) is 11.0 Å². The molecule has 1 N–H and O–H groups in total. The van der Waals surface area contributed by atoms with Gasteiger partial charge in [-0.3, -0.25) is 13.9 Å². The number of carbonyl (C=O) groups is 1. The number of amides is 1. The number of rotatable bonds is 4. The second-order valence-corrected chi connectivity index (χ2v) is 5.74. The average Bonchev–Trinajstić information content (AvgIpc) is 2.79. The summed E-state index contributed by atoms with van der Waals surface area (Å²) in [4.78, 5) is 23.9. The third-order valence-corrected chi connectivity index (χ3v) is 4.12. The maximum atomic E-state index is 13.1. The molecule has 0 aliphatic rings. The Labute approximate surface area is 138 Å². The Morgan fingerprint density at radius 1 is 1.08 bits per heavy atom. The van der Waals surface area contributed by atoms with Gasteiger partial charge in [-0.05, 0) is 42.3 Å². The van der Waals surface area contributed by atoms with Crippen LogP contribution < -0.4 is 11.0 Å². The van der Waals surface area contributed by atoms with E-state index >= 15 is 0 Å².